The van der Waals surface area contributed by atoms with E-state index in [2.05, 4.69) is 30.0 Å². The molecular formula is C17H29IN6O2. The maximum Gasteiger partial charge on any atom is 0.308 e. The van der Waals surface area contributed by atoms with Crippen molar-refractivity contribution in [1.82, 2.24) is 25.0 Å². The molecule has 2 aliphatic heterocycles. The van der Waals surface area contributed by atoms with Crippen LogP contribution in [0.25, 0.3) is 0 Å². The van der Waals surface area contributed by atoms with Gasteiger partial charge >= 0.3 is 5.97 Å². The fraction of sp³-hybridized carbons (Fsp3) is 0.765. The number of halogens is 1. The number of likely N-dealkylation sites (tertiary alicyclic amines) is 1. The maximum atomic E-state index is 11.7. The summed E-state index contributed by atoms with van der Waals surface area (Å²) in [6.45, 7) is 3.23. The minimum Gasteiger partial charge on any atom is -0.469 e. The highest BCUT2D eigenvalue weighted by Crippen LogP contribution is 2.19. The molecule has 146 valence electrons. The molecule has 9 heteroatoms. The number of hydrogen-bond acceptors (Lipinski definition) is 5. The second-order valence-corrected chi connectivity index (χ2v) is 6.68. The number of aromatic nitrogens is 3. The molecule has 3 heterocycles. The van der Waals surface area contributed by atoms with Crippen LogP contribution in [0.1, 0.15) is 43.8 Å². The van der Waals surface area contributed by atoms with Crippen molar-refractivity contribution < 1.29 is 9.53 Å². The summed E-state index contributed by atoms with van der Waals surface area (Å²) < 4.78 is 7.10. The highest BCUT2D eigenvalue weighted by atomic mass is 127. The number of guanidine groups is 1. The molecule has 0 atom stereocenters. The largest absolute Gasteiger partial charge is 0.469 e. The Morgan fingerprint density at radius 1 is 1.23 bits per heavy atom. The first-order valence-electron chi connectivity index (χ1n) is 9.17. The molecule has 0 aliphatic carbocycles. The Morgan fingerprint density at radius 3 is 2.69 bits per heavy atom. The number of carbonyl (C=O) groups excluding carboxylic acids is 1. The van der Waals surface area contributed by atoms with Crippen molar-refractivity contribution in [2.45, 2.75) is 51.6 Å². The summed E-state index contributed by atoms with van der Waals surface area (Å²) in [4.78, 5) is 18.2. The first-order valence-corrected chi connectivity index (χ1v) is 9.17. The molecule has 3 rings (SSSR count). The van der Waals surface area contributed by atoms with Gasteiger partial charge in [-0.05, 0) is 25.7 Å². The summed E-state index contributed by atoms with van der Waals surface area (Å²) in [5.41, 5.74) is 0. The Balaban J connectivity index is 0.00000243. The summed E-state index contributed by atoms with van der Waals surface area (Å²) in [5, 5.41) is 12.1. The van der Waals surface area contributed by atoms with E-state index in [1.807, 2.05) is 0 Å². The Hall–Kier alpha value is -1.39. The van der Waals surface area contributed by atoms with Crippen LogP contribution in [-0.4, -0.2) is 58.8 Å². The summed E-state index contributed by atoms with van der Waals surface area (Å²) in [6, 6.07) is 0. The molecule has 0 amide bonds. The van der Waals surface area contributed by atoms with E-state index in [4.69, 9.17) is 4.74 Å². The number of piperidine rings is 1. The van der Waals surface area contributed by atoms with Gasteiger partial charge in [0.05, 0.1) is 19.6 Å². The van der Waals surface area contributed by atoms with E-state index in [1.165, 1.54) is 26.4 Å². The molecule has 8 nitrogen and oxygen atoms in total. The van der Waals surface area contributed by atoms with Crippen LogP contribution in [-0.2, 0) is 29.0 Å². The monoisotopic (exact) mass is 476 g/mol. The zero-order chi connectivity index (χ0) is 17.6. The van der Waals surface area contributed by atoms with Gasteiger partial charge in [0.15, 0.2) is 11.8 Å². The molecule has 0 spiro atoms. The van der Waals surface area contributed by atoms with Gasteiger partial charge in [-0.3, -0.25) is 9.79 Å². The normalized spacial score (nSPS) is 18.5. The number of nitrogens with one attached hydrogen (secondary N) is 1. The predicted molar refractivity (Wildman–Crippen MR) is 110 cm³/mol. The van der Waals surface area contributed by atoms with Crippen molar-refractivity contribution >= 4 is 35.9 Å². The van der Waals surface area contributed by atoms with Crippen molar-refractivity contribution in [2.75, 3.05) is 27.2 Å². The Labute approximate surface area is 171 Å². The lowest BCUT2D eigenvalue weighted by Crippen LogP contribution is -2.46. The zero-order valence-corrected chi connectivity index (χ0v) is 17.9. The van der Waals surface area contributed by atoms with E-state index in [0.29, 0.717) is 6.54 Å². The molecular weight excluding hydrogens is 447 g/mol. The van der Waals surface area contributed by atoms with E-state index in [0.717, 1.165) is 56.5 Å². The number of aryl methyl sites for hydroxylation is 1. The lowest BCUT2D eigenvalue weighted by molar-refractivity contribution is -0.146. The predicted octanol–water partition coefficient (Wildman–Crippen LogP) is 1.58. The van der Waals surface area contributed by atoms with Gasteiger partial charge in [-0.15, -0.1) is 34.2 Å². The third-order valence-corrected chi connectivity index (χ3v) is 5.13. The fourth-order valence-electron chi connectivity index (χ4n) is 3.66. The topological polar surface area (TPSA) is 84.6 Å². The van der Waals surface area contributed by atoms with Crippen molar-refractivity contribution in [2.24, 2.45) is 10.9 Å². The highest BCUT2D eigenvalue weighted by molar-refractivity contribution is 14.0. The summed E-state index contributed by atoms with van der Waals surface area (Å²) in [7, 11) is 3.25. The third-order valence-electron chi connectivity index (χ3n) is 5.13. The van der Waals surface area contributed by atoms with E-state index in [9.17, 15) is 4.79 Å². The number of methoxy groups -OCH3 is 1. The first kappa shape index (κ1) is 20.9. The highest BCUT2D eigenvalue weighted by Gasteiger charge is 2.27. The van der Waals surface area contributed by atoms with Crippen LogP contribution >= 0.6 is 24.0 Å². The van der Waals surface area contributed by atoms with E-state index >= 15 is 0 Å². The van der Waals surface area contributed by atoms with Gasteiger partial charge in [0, 0.05) is 33.1 Å². The standard InChI is InChI=1S/C17H28N6O2.HI/c1-18-17(22-10-7-13(8-11-22)16(24)25-2)19-12-15-21-20-14-6-4-3-5-9-23(14)15;/h13H,3-12H2,1-2H3,(H,18,19);1H. The number of carbonyl (C=O) groups is 1. The molecule has 0 radical (unpaired) electrons. The van der Waals surface area contributed by atoms with Crippen LogP contribution < -0.4 is 5.32 Å². The molecule has 0 unspecified atom stereocenters. The minimum atomic E-state index is -0.103. The first-order chi connectivity index (χ1) is 12.2. The number of nitrogens with zero attached hydrogens (tertiary/aromatic N) is 5. The average Bonchev–Trinajstić information content (AvgIpc) is 2.88. The molecule has 26 heavy (non-hydrogen) atoms. The molecule has 0 bridgehead atoms. The minimum absolute atomic E-state index is 0. The van der Waals surface area contributed by atoms with Gasteiger partial charge in [-0.2, -0.15) is 0 Å². The van der Waals surface area contributed by atoms with Crippen LogP contribution in [0.2, 0.25) is 0 Å². The molecule has 0 aromatic carbocycles. The SMILES string of the molecule is CN=C(NCc1nnc2n1CCCCC2)N1CCC(C(=O)OC)CC1.I. The van der Waals surface area contributed by atoms with Gasteiger partial charge in [0.2, 0.25) is 0 Å². The molecule has 1 N–H and O–H groups in total. The zero-order valence-electron chi connectivity index (χ0n) is 15.6. The Kier molecular flexibility index (Phi) is 8.11. The molecule has 1 aromatic rings. The summed E-state index contributed by atoms with van der Waals surface area (Å²) >= 11 is 0. The van der Waals surface area contributed by atoms with Crippen molar-refractivity contribution in [3.05, 3.63) is 11.6 Å². The van der Waals surface area contributed by atoms with Gasteiger partial charge < -0.3 is 19.5 Å². The van der Waals surface area contributed by atoms with Crippen LogP contribution in [0.5, 0.6) is 0 Å². The molecule has 1 fully saturated rings. The molecule has 1 aromatic heterocycles. The third kappa shape index (κ3) is 4.86. The maximum absolute atomic E-state index is 11.7. The van der Waals surface area contributed by atoms with Crippen LogP contribution in [0.15, 0.2) is 4.99 Å². The number of ether oxygens (including phenoxy) is 1. The number of hydrogen-bond donors (Lipinski definition) is 1. The van der Waals surface area contributed by atoms with Crippen molar-refractivity contribution in [1.29, 1.82) is 0 Å². The van der Waals surface area contributed by atoms with Gasteiger partial charge in [0.1, 0.15) is 5.82 Å². The number of aliphatic imine (C=N–C) groups is 1. The molecule has 0 saturated carbocycles. The number of rotatable bonds is 3. The van der Waals surface area contributed by atoms with E-state index in [-0.39, 0.29) is 35.9 Å². The Morgan fingerprint density at radius 2 is 2.00 bits per heavy atom. The summed E-state index contributed by atoms with van der Waals surface area (Å²) in [5.74, 6) is 2.83. The van der Waals surface area contributed by atoms with E-state index in [1.54, 1.807) is 7.05 Å². The van der Waals surface area contributed by atoms with Crippen LogP contribution in [0.3, 0.4) is 0 Å². The van der Waals surface area contributed by atoms with Gasteiger partial charge in [-0.25, -0.2) is 0 Å². The average molecular weight is 476 g/mol. The van der Waals surface area contributed by atoms with Crippen molar-refractivity contribution in [3.63, 3.8) is 0 Å². The molecule has 1 saturated heterocycles. The van der Waals surface area contributed by atoms with Crippen LogP contribution in [0, 0.1) is 5.92 Å². The van der Waals surface area contributed by atoms with Gasteiger partial charge in [0.25, 0.3) is 0 Å². The molecule has 2 aliphatic rings. The second-order valence-electron chi connectivity index (χ2n) is 6.68. The fourth-order valence-corrected chi connectivity index (χ4v) is 3.66. The lowest BCUT2D eigenvalue weighted by Gasteiger charge is -2.33. The summed E-state index contributed by atoms with van der Waals surface area (Å²) in [6.07, 6.45) is 6.26. The number of esters is 1. The lowest BCUT2D eigenvalue weighted by atomic mass is 9.97. The van der Waals surface area contributed by atoms with Gasteiger partial charge in [-0.1, -0.05) is 6.42 Å². The second kappa shape index (κ2) is 10.1. The van der Waals surface area contributed by atoms with Crippen molar-refractivity contribution in [3.8, 4) is 0 Å². The Bertz CT molecular complexity index is 625. The van der Waals surface area contributed by atoms with Crippen LogP contribution in [0.4, 0.5) is 0 Å². The quantitative estimate of drug-likeness (QED) is 0.309. The number of fused-ring (bicyclic) bond motifs is 1. The smallest absolute Gasteiger partial charge is 0.308 e. The van der Waals surface area contributed by atoms with E-state index < -0.39 is 0 Å².